The maximum atomic E-state index is 9.92. The van der Waals surface area contributed by atoms with Gasteiger partial charge >= 0.3 is 0 Å². The molecule has 3 nitrogen and oxygen atoms in total. The van der Waals surface area contributed by atoms with E-state index in [9.17, 15) is 5.26 Å². The monoisotopic (exact) mass is 663 g/mol. The van der Waals surface area contributed by atoms with E-state index in [2.05, 4.69) is 139 Å². The van der Waals surface area contributed by atoms with Gasteiger partial charge in [-0.15, -0.1) is 0 Å². The molecule has 2 aliphatic rings. The summed E-state index contributed by atoms with van der Waals surface area (Å²) in [5.74, 6) is 1.26. The van der Waals surface area contributed by atoms with Crippen molar-refractivity contribution in [1.82, 2.24) is 9.55 Å². The van der Waals surface area contributed by atoms with Gasteiger partial charge in [0, 0.05) is 33.2 Å². The van der Waals surface area contributed by atoms with Crippen LogP contribution in [0.25, 0.3) is 82.7 Å². The predicted octanol–water partition coefficient (Wildman–Crippen LogP) is 12.3. The molecule has 7 aromatic carbocycles. The van der Waals surface area contributed by atoms with Crippen molar-refractivity contribution in [1.29, 1.82) is 5.26 Å². The van der Waals surface area contributed by atoms with Crippen molar-refractivity contribution in [2.75, 3.05) is 0 Å². The number of hydrogen-bond donors (Lipinski definition) is 0. The molecule has 244 valence electrons. The summed E-state index contributed by atoms with van der Waals surface area (Å²) in [5, 5.41) is 16.1. The van der Waals surface area contributed by atoms with Crippen molar-refractivity contribution >= 4 is 43.5 Å². The number of nitrogens with zero attached hydrogens (tertiary/aromatic N) is 3. The Bertz CT molecular complexity index is 3030. The van der Waals surface area contributed by atoms with Gasteiger partial charge in [0.15, 0.2) is 0 Å². The second-order valence-corrected chi connectivity index (χ2v) is 14.3. The fourth-order valence-electron chi connectivity index (χ4n) is 9.66. The van der Waals surface area contributed by atoms with Crippen molar-refractivity contribution in [3.8, 4) is 45.3 Å². The molecular formula is C49H33N3. The molecule has 0 amide bonds. The fourth-order valence-corrected chi connectivity index (χ4v) is 9.66. The molecule has 1 atom stereocenters. The Kier molecular flexibility index (Phi) is 6.19. The normalized spacial score (nSPS) is 14.3. The molecule has 0 radical (unpaired) electrons. The molecule has 0 spiro atoms. The molecular weight excluding hydrogens is 631 g/mol. The zero-order chi connectivity index (χ0) is 34.5. The number of para-hydroxylation sites is 2. The lowest BCUT2D eigenvalue weighted by Crippen LogP contribution is -2.08. The van der Waals surface area contributed by atoms with Gasteiger partial charge in [0.25, 0.3) is 0 Å². The zero-order valence-corrected chi connectivity index (χ0v) is 28.8. The lowest BCUT2D eigenvalue weighted by Gasteiger charge is -2.26. The first-order valence-electron chi connectivity index (χ1n) is 18.4. The molecule has 11 rings (SSSR count). The zero-order valence-electron chi connectivity index (χ0n) is 28.8. The van der Waals surface area contributed by atoms with E-state index in [1.807, 2.05) is 18.2 Å². The van der Waals surface area contributed by atoms with E-state index in [0.717, 1.165) is 52.6 Å². The Balaban J connectivity index is 1.38. The first-order chi connectivity index (χ1) is 25.7. The highest BCUT2D eigenvalue weighted by molar-refractivity contribution is 6.19. The molecule has 1 unspecified atom stereocenters. The van der Waals surface area contributed by atoms with Crippen LogP contribution in [-0.4, -0.2) is 9.55 Å². The number of rotatable bonds is 3. The third-order valence-electron chi connectivity index (χ3n) is 11.8. The Morgan fingerprint density at radius 2 is 1.46 bits per heavy atom. The fraction of sp³-hybridized carbons (Fsp3) is 0.102. The summed E-state index contributed by atoms with van der Waals surface area (Å²) in [6, 6.07) is 53.1. The third kappa shape index (κ3) is 3.92. The number of hydrogen-bond acceptors (Lipinski definition) is 2. The van der Waals surface area contributed by atoms with Crippen LogP contribution in [0.15, 0.2) is 140 Å². The van der Waals surface area contributed by atoms with Crippen LogP contribution < -0.4 is 0 Å². The van der Waals surface area contributed by atoms with Crippen LogP contribution in [0.1, 0.15) is 47.1 Å². The van der Waals surface area contributed by atoms with E-state index < -0.39 is 0 Å². The van der Waals surface area contributed by atoms with Gasteiger partial charge in [-0.3, -0.25) is 4.57 Å². The van der Waals surface area contributed by atoms with Crippen molar-refractivity contribution in [3.05, 3.63) is 167 Å². The highest BCUT2D eigenvalue weighted by Crippen LogP contribution is 2.55. The van der Waals surface area contributed by atoms with Crippen LogP contribution in [0.2, 0.25) is 0 Å². The van der Waals surface area contributed by atoms with Crippen molar-refractivity contribution < 1.29 is 0 Å². The third-order valence-corrected chi connectivity index (χ3v) is 11.8. The van der Waals surface area contributed by atoms with Crippen molar-refractivity contribution in [2.24, 2.45) is 0 Å². The Morgan fingerprint density at radius 1 is 0.673 bits per heavy atom. The van der Waals surface area contributed by atoms with Gasteiger partial charge in [-0.05, 0) is 105 Å². The molecule has 3 heteroatoms. The van der Waals surface area contributed by atoms with Crippen LogP contribution in [0.3, 0.4) is 0 Å². The van der Waals surface area contributed by atoms with Crippen molar-refractivity contribution in [3.63, 3.8) is 0 Å². The van der Waals surface area contributed by atoms with Gasteiger partial charge in [-0.2, -0.15) is 5.26 Å². The molecule has 52 heavy (non-hydrogen) atoms. The van der Waals surface area contributed by atoms with E-state index in [1.54, 1.807) is 0 Å². The maximum Gasteiger partial charge on any atom is 0.142 e. The Morgan fingerprint density at radius 3 is 2.35 bits per heavy atom. The predicted molar refractivity (Wildman–Crippen MR) is 214 cm³/mol. The Labute approximate surface area is 302 Å². The van der Waals surface area contributed by atoms with E-state index in [1.165, 1.54) is 71.6 Å². The number of benzene rings is 7. The van der Waals surface area contributed by atoms with Crippen LogP contribution in [0.5, 0.6) is 0 Å². The minimum absolute atomic E-state index is 0.303. The molecule has 2 heterocycles. The largest absolute Gasteiger partial charge is 0.293 e. The van der Waals surface area contributed by atoms with Crippen molar-refractivity contribution in [2.45, 2.75) is 32.1 Å². The topological polar surface area (TPSA) is 41.6 Å². The first-order valence-corrected chi connectivity index (χ1v) is 18.4. The van der Waals surface area contributed by atoms with Gasteiger partial charge in [-0.25, -0.2) is 4.98 Å². The lowest BCUT2D eigenvalue weighted by molar-refractivity contribution is 0.736. The van der Waals surface area contributed by atoms with E-state index >= 15 is 0 Å². The van der Waals surface area contributed by atoms with Crippen LogP contribution in [0, 0.1) is 11.3 Å². The molecule has 0 N–H and O–H groups in total. The summed E-state index contributed by atoms with van der Waals surface area (Å²) < 4.78 is 2.50. The summed E-state index contributed by atoms with van der Waals surface area (Å²) in [4.78, 5) is 5.59. The summed E-state index contributed by atoms with van der Waals surface area (Å²) in [6.45, 7) is 2.24. The summed E-state index contributed by atoms with van der Waals surface area (Å²) >= 11 is 0. The standard InChI is InChI=1S/C49H33N3/c1-2-32-45(31-14-11-12-29(26-31)28-50)40-19-7-9-20-43(40)51-49(32)52-44-21-10-8-18-37(44)42-27-41-35-17-6-5-16-34(35)36-24-25-39(41)47(48(42)52)46-33-15-4-3-13-30(33)22-23-38(36)46/h3-23,26-27,36H,2,24-25H2,1H3. The molecule has 9 aromatic rings. The average molecular weight is 664 g/mol. The SMILES string of the molecule is CCc1c(-n2c3ccccc3c3cc4c5c(c32)-c2c(ccc3ccccc23)C(CC5)c2ccccc2-4)nc2ccccc2c1-c1cccc(C#N)c1. The van der Waals surface area contributed by atoms with Gasteiger partial charge in [0.05, 0.1) is 28.2 Å². The number of aromatic nitrogens is 2. The van der Waals surface area contributed by atoms with Crippen LogP contribution in [0.4, 0.5) is 0 Å². The highest BCUT2D eigenvalue weighted by Gasteiger charge is 2.35. The van der Waals surface area contributed by atoms with E-state index in [-0.39, 0.29) is 0 Å². The van der Waals surface area contributed by atoms with E-state index in [0.29, 0.717) is 11.5 Å². The summed E-state index contributed by atoms with van der Waals surface area (Å²) in [7, 11) is 0. The van der Waals surface area contributed by atoms with Gasteiger partial charge < -0.3 is 0 Å². The molecule has 2 bridgehead atoms. The lowest BCUT2D eigenvalue weighted by atomic mass is 9.78. The molecule has 0 aliphatic heterocycles. The highest BCUT2D eigenvalue weighted by atomic mass is 15.1. The first kappa shape index (κ1) is 29.3. The smallest absolute Gasteiger partial charge is 0.142 e. The number of pyridine rings is 1. The molecule has 2 aromatic heterocycles. The molecule has 2 aliphatic carbocycles. The molecule has 0 fully saturated rings. The van der Waals surface area contributed by atoms with Crippen LogP contribution >= 0.6 is 0 Å². The van der Waals surface area contributed by atoms with Gasteiger partial charge in [0.1, 0.15) is 5.82 Å². The molecule has 0 saturated carbocycles. The molecule has 0 saturated heterocycles. The minimum atomic E-state index is 0.303. The van der Waals surface area contributed by atoms with Gasteiger partial charge in [-0.1, -0.05) is 116 Å². The summed E-state index contributed by atoms with van der Waals surface area (Å²) in [6.07, 6.45) is 2.85. The second-order valence-electron chi connectivity index (χ2n) is 14.3. The number of fused-ring (bicyclic) bond motifs is 15. The quantitative estimate of drug-likeness (QED) is 0.189. The Hall–Kier alpha value is -6.50. The minimum Gasteiger partial charge on any atom is -0.293 e. The summed E-state index contributed by atoms with van der Waals surface area (Å²) in [5.41, 5.74) is 17.1. The van der Waals surface area contributed by atoms with Crippen LogP contribution in [-0.2, 0) is 12.8 Å². The number of nitriles is 1. The van der Waals surface area contributed by atoms with E-state index in [4.69, 9.17) is 4.98 Å². The second kappa shape index (κ2) is 11.0. The maximum absolute atomic E-state index is 9.92. The average Bonchev–Trinajstić information content (AvgIpc) is 3.30. The van der Waals surface area contributed by atoms with Gasteiger partial charge in [0.2, 0.25) is 0 Å².